The second kappa shape index (κ2) is 8.16. The van der Waals surface area contributed by atoms with E-state index in [0.29, 0.717) is 0 Å². The molecule has 1 aliphatic rings. The third kappa shape index (κ3) is 5.27. The molecule has 2 unspecified atom stereocenters. The molecule has 2 atom stereocenters. The standard InChI is InChI=1S/C16H34N2/c1-13(2)8-10-18(11-9-14(3)4)16-7-5-6-15(16)12-17/h13-16H,5-12,17H2,1-4H3. The molecule has 0 aromatic carbocycles. The highest BCUT2D eigenvalue weighted by atomic mass is 15.2. The van der Waals surface area contributed by atoms with Gasteiger partial charge in [-0.2, -0.15) is 0 Å². The third-order valence-corrected chi connectivity index (χ3v) is 4.38. The zero-order valence-corrected chi connectivity index (χ0v) is 13.0. The third-order valence-electron chi connectivity index (χ3n) is 4.38. The van der Waals surface area contributed by atoms with Crippen LogP contribution in [0.2, 0.25) is 0 Å². The van der Waals surface area contributed by atoms with E-state index in [4.69, 9.17) is 5.73 Å². The zero-order chi connectivity index (χ0) is 13.5. The van der Waals surface area contributed by atoms with E-state index in [1.807, 2.05) is 0 Å². The first-order valence-electron chi connectivity index (χ1n) is 7.98. The first-order valence-corrected chi connectivity index (χ1v) is 7.98. The monoisotopic (exact) mass is 254 g/mol. The summed E-state index contributed by atoms with van der Waals surface area (Å²) in [6, 6.07) is 0.771. The summed E-state index contributed by atoms with van der Waals surface area (Å²) < 4.78 is 0. The molecule has 0 aromatic rings. The average Bonchev–Trinajstić information content (AvgIpc) is 2.76. The summed E-state index contributed by atoms with van der Waals surface area (Å²) in [7, 11) is 0. The molecule has 0 bridgehead atoms. The Labute approximate surface area is 114 Å². The molecule has 0 spiro atoms. The second-order valence-electron chi connectivity index (χ2n) is 6.90. The smallest absolute Gasteiger partial charge is 0.0136 e. The minimum Gasteiger partial charge on any atom is -0.330 e. The van der Waals surface area contributed by atoms with Gasteiger partial charge in [-0.25, -0.2) is 0 Å². The quantitative estimate of drug-likeness (QED) is 0.718. The summed E-state index contributed by atoms with van der Waals surface area (Å²) in [4.78, 5) is 2.75. The highest BCUT2D eigenvalue weighted by Crippen LogP contribution is 2.30. The predicted molar refractivity (Wildman–Crippen MR) is 80.7 cm³/mol. The molecular weight excluding hydrogens is 220 g/mol. The molecule has 2 heteroatoms. The van der Waals surface area contributed by atoms with Gasteiger partial charge < -0.3 is 10.6 Å². The van der Waals surface area contributed by atoms with E-state index >= 15 is 0 Å². The maximum Gasteiger partial charge on any atom is 0.0136 e. The molecule has 1 fully saturated rings. The van der Waals surface area contributed by atoms with Gasteiger partial charge in [-0.3, -0.25) is 0 Å². The van der Waals surface area contributed by atoms with Crippen LogP contribution in [-0.4, -0.2) is 30.6 Å². The van der Waals surface area contributed by atoms with Gasteiger partial charge >= 0.3 is 0 Å². The van der Waals surface area contributed by atoms with Gasteiger partial charge in [0.05, 0.1) is 0 Å². The highest BCUT2D eigenvalue weighted by molar-refractivity contribution is 4.86. The second-order valence-corrected chi connectivity index (χ2v) is 6.90. The molecule has 0 radical (unpaired) electrons. The van der Waals surface area contributed by atoms with Crippen molar-refractivity contribution in [3.05, 3.63) is 0 Å². The number of nitrogens with zero attached hydrogens (tertiary/aromatic N) is 1. The van der Waals surface area contributed by atoms with Crippen molar-refractivity contribution in [3.8, 4) is 0 Å². The summed E-state index contributed by atoms with van der Waals surface area (Å²) >= 11 is 0. The van der Waals surface area contributed by atoms with Gasteiger partial charge in [0.25, 0.3) is 0 Å². The Bertz CT molecular complexity index is 201. The minimum atomic E-state index is 0.754. The fraction of sp³-hybridized carbons (Fsp3) is 1.00. The first kappa shape index (κ1) is 16.0. The van der Waals surface area contributed by atoms with E-state index < -0.39 is 0 Å². The van der Waals surface area contributed by atoms with Crippen molar-refractivity contribution >= 4 is 0 Å². The fourth-order valence-electron chi connectivity index (χ4n) is 3.06. The number of hydrogen-bond acceptors (Lipinski definition) is 2. The summed E-state index contributed by atoms with van der Waals surface area (Å²) in [5.74, 6) is 2.37. The zero-order valence-electron chi connectivity index (χ0n) is 13.0. The maximum absolute atomic E-state index is 5.95. The summed E-state index contributed by atoms with van der Waals surface area (Å²) in [6.07, 6.45) is 6.75. The Balaban J connectivity index is 2.51. The molecular formula is C16H34N2. The van der Waals surface area contributed by atoms with Gasteiger partial charge in [-0.15, -0.1) is 0 Å². The lowest BCUT2D eigenvalue weighted by Crippen LogP contribution is -2.42. The predicted octanol–water partition coefficient (Wildman–Crippen LogP) is 3.51. The molecule has 2 N–H and O–H groups in total. The largest absolute Gasteiger partial charge is 0.330 e. The minimum absolute atomic E-state index is 0.754. The molecule has 1 aliphatic carbocycles. The molecule has 0 heterocycles. The molecule has 0 aromatic heterocycles. The van der Waals surface area contributed by atoms with Crippen molar-refractivity contribution in [2.75, 3.05) is 19.6 Å². The maximum atomic E-state index is 5.95. The molecule has 18 heavy (non-hydrogen) atoms. The lowest BCUT2D eigenvalue weighted by Gasteiger charge is -2.33. The van der Waals surface area contributed by atoms with Crippen LogP contribution in [0.5, 0.6) is 0 Å². The molecule has 0 saturated heterocycles. The normalized spacial score (nSPS) is 24.7. The molecule has 0 aliphatic heterocycles. The van der Waals surface area contributed by atoms with E-state index in [9.17, 15) is 0 Å². The Morgan fingerprint density at radius 2 is 1.56 bits per heavy atom. The number of rotatable bonds is 8. The van der Waals surface area contributed by atoms with E-state index in [1.165, 1.54) is 45.2 Å². The Morgan fingerprint density at radius 3 is 2.00 bits per heavy atom. The Kier molecular flexibility index (Phi) is 7.25. The van der Waals surface area contributed by atoms with E-state index in [0.717, 1.165) is 30.3 Å². The molecule has 0 amide bonds. The van der Waals surface area contributed by atoms with Crippen LogP contribution in [0.15, 0.2) is 0 Å². The lowest BCUT2D eigenvalue weighted by molar-refractivity contribution is 0.146. The summed E-state index contributed by atoms with van der Waals surface area (Å²) in [5.41, 5.74) is 5.95. The molecule has 2 nitrogen and oxygen atoms in total. The number of nitrogens with two attached hydrogens (primary N) is 1. The molecule has 108 valence electrons. The lowest BCUT2D eigenvalue weighted by atomic mass is 10.00. The van der Waals surface area contributed by atoms with Gasteiger partial charge in [0, 0.05) is 6.04 Å². The van der Waals surface area contributed by atoms with E-state index in [2.05, 4.69) is 32.6 Å². The van der Waals surface area contributed by atoms with Crippen LogP contribution in [0.25, 0.3) is 0 Å². The van der Waals surface area contributed by atoms with Crippen molar-refractivity contribution in [2.45, 2.75) is 65.8 Å². The Hall–Kier alpha value is -0.0800. The van der Waals surface area contributed by atoms with Crippen LogP contribution in [0.1, 0.15) is 59.8 Å². The Morgan fingerprint density at radius 1 is 1.00 bits per heavy atom. The summed E-state index contributed by atoms with van der Waals surface area (Å²) in [6.45, 7) is 12.7. The van der Waals surface area contributed by atoms with Gasteiger partial charge in [0.1, 0.15) is 0 Å². The van der Waals surface area contributed by atoms with E-state index in [-0.39, 0.29) is 0 Å². The van der Waals surface area contributed by atoms with Crippen LogP contribution in [0.3, 0.4) is 0 Å². The molecule has 1 rings (SSSR count). The van der Waals surface area contributed by atoms with E-state index in [1.54, 1.807) is 0 Å². The van der Waals surface area contributed by atoms with Crippen LogP contribution in [0.4, 0.5) is 0 Å². The first-order chi connectivity index (χ1) is 8.54. The topological polar surface area (TPSA) is 29.3 Å². The SMILES string of the molecule is CC(C)CCN(CCC(C)C)C1CCCC1CN. The van der Waals surface area contributed by atoms with Crippen molar-refractivity contribution in [1.29, 1.82) is 0 Å². The van der Waals surface area contributed by atoms with Crippen molar-refractivity contribution in [1.82, 2.24) is 4.90 Å². The fourth-order valence-corrected chi connectivity index (χ4v) is 3.06. The average molecular weight is 254 g/mol. The van der Waals surface area contributed by atoms with Crippen LogP contribution >= 0.6 is 0 Å². The van der Waals surface area contributed by atoms with Crippen LogP contribution < -0.4 is 5.73 Å². The van der Waals surface area contributed by atoms with Gasteiger partial charge in [-0.1, -0.05) is 34.1 Å². The number of hydrogen-bond donors (Lipinski definition) is 1. The van der Waals surface area contributed by atoms with Gasteiger partial charge in [-0.05, 0) is 63.1 Å². The van der Waals surface area contributed by atoms with Gasteiger partial charge in [0.15, 0.2) is 0 Å². The van der Waals surface area contributed by atoms with Crippen molar-refractivity contribution < 1.29 is 0 Å². The van der Waals surface area contributed by atoms with Crippen LogP contribution in [0, 0.1) is 17.8 Å². The summed E-state index contributed by atoms with van der Waals surface area (Å²) in [5, 5.41) is 0. The van der Waals surface area contributed by atoms with Crippen LogP contribution in [-0.2, 0) is 0 Å². The highest BCUT2D eigenvalue weighted by Gasteiger charge is 2.30. The molecule has 1 saturated carbocycles. The van der Waals surface area contributed by atoms with Gasteiger partial charge in [0.2, 0.25) is 0 Å². The van der Waals surface area contributed by atoms with Crippen molar-refractivity contribution in [3.63, 3.8) is 0 Å². The van der Waals surface area contributed by atoms with Crippen molar-refractivity contribution in [2.24, 2.45) is 23.5 Å².